The summed E-state index contributed by atoms with van der Waals surface area (Å²) >= 11 is 0. The second-order valence-electron chi connectivity index (χ2n) is 6.71. The minimum Gasteiger partial charge on any atom is -0.0691 e. The van der Waals surface area contributed by atoms with E-state index in [1.54, 1.807) is 0 Å². The topological polar surface area (TPSA) is 0 Å². The molecule has 0 nitrogen and oxygen atoms in total. The molecule has 1 aliphatic rings. The third kappa shape index (κ3) is 3.45. The van der Waals surface area contributed by atoms with E-state index in [4.69, 9.17) is 0 Å². The van der Waals surface area contributed by atoms with Gasteiger partial charge in [0.1, 0.15) is 0 Å². The van der Waals surface area contributed by atoms with E-state index in [0.29, 0.717) is 5.41 Å². The molecule has 0 aromatic heterocycles. The molecule has 0 unspecified atom stereocenters. The van der Waals surface area contributed by atoms with Crippen LogP contribution in [0.3, 0.4) is 0 Å². The van der Waals surface area contributed by atoms with Gasteiger partial charge in [0, 0.05) is 0 Å². The molecule has 0 atom stereocenters. The number of rotatable bonds is 2. The van der Waals surface area contributed by atoms with Crippen molar-refractivity contribution in [2.45, 2.75) is 71.1 Å². The molecule has 1 fully saturated rings. The Balaban J connectivity index is 2.53. The molecule has 0 N–H and O–H groups in total. The first-order valence-electron chi connectivity index (χ1n) is 5.81. The maximum atomic E-state index is 2.61. The summed E-state index contributed by atoms with van der Waals surface area (Å²) in [5.41, 5.74) is 1.69. The molecule has 0 heterocycles. The minimum atomic E-state index is -0.906. The van der Waals surface area contributed by atoms with Gasteiger partial charge in [-0.1, -0.05) is 65.6 Å². The number of hydrogen-bond acceptors (Lipinski definition) is 0. The Labute approximate surface area is 85.1 Å². The summed E-state index contributed by atoms with van der Waals surface area (Å²) in [5.74, 6) is 0. The van der Waals surface area contributed by atoms with E-state index in [1.807, 2.05) is 0 Å². The Kier molecular flexibility index (Phi) is 3.27. The molecular weight excluding hydrogens is 172 g/mol. The maximum Gasteiger partial charge on any atom is 0.0510 e. The number of hydrogen-bond donors (Lipinski definition) is 0. The second kappa shape index (κ2) is 3.76. The van der Waals surface area contributed by atoms with Crippen molar-refractivity contribution >= 4 is 8.07 Å². The van der Waals surface area contributed by atoms with Crippen molar-refractivity contribution < 1.29 is 0 Å². The molecule has 1 aliphatic carbocycles. The fourth-order valence-corrected chi connectivity index (χ4v) is 8.21. The monoisotopic (exact) mass is 198 g/mol. The highest BCUT2D eigenvalue weighted by molar-refractivity contribution is 6.79. The largest absolute Gasteiger partial charge is 0.0691 e. The van der Waals surface area contributed by atoms with E-state index in [-0.39, 0.29) is 0 Å². The smallest absolute Gasteiger partial charge is 0.0510 e. The van der Waals surface area contributed by atoms with Gasteiger partial charge in [-0.15, -0.1) is 0 Å². The van der Waals surface area contributed by atoms with E-state index < -0.39 is 8.07 Å². The minimum absolute atomic E-state index is 0.554. The lowest BCUT2D eigenvalue weighted by atomic mass is 10.0. The van der Waals surface area contributed by atoms with Crippen LogP contribution in [0.5, 0.6) is 0 Å². The van der Waals surface area contributed by atoms with Crippen LogP contribution in [0, 0.1) is 5.41 Å². The molecule has 1 saturated carbocycles. The van der Waals surface area contributed by atoms with Crippen LogP contribution in [-0.4, -0.2) is 8.07 Å². The van der Waals surface area contributed by atoms with Crippen molar-refractivity contribution in [1.29, 1.82) is 0 Å². The van der Waals surface area contributed by atoms with E-state index in [2.05, 4.69) is 33.9 Å². The van der Waals surface area contributed by atoms with Crippen LogP contribution >= 0.6 is 0 Å². The first-order chi connectivity index (χ1) is 5.81. The second-order valence-corrected chi connectivity index (χ2v) is 11.9. The van der Waals surface area contributed by atoms with Gasteiger partial charge in [-0.2, -0.15) is 0 Å². The van der Waals surface area contributed by atoms with Crippen LogP contribution in [0.2, 0.25) is 24.7 Å². The summed E-state index contributed by atoms with van der Waals surface area (Å²) in [4.78, 5) is 0. The van der Waals surface area contributed by atoms with E-state index in [1.165, 1.54) is 31.7 Å². The van der Waals surface area contributed by atoms with Gasteiger partial charge in [0.15, 0.2) is 0 Å². The summed E-state index contributed by atoms with van der Waals surface area (Å²) in [5, 5.41) is 0. The molecule has 0 spiro atoms. The Hall–Kier alpha value is 0.217. The van der Waals surface area contributed by atoms with Gasteiger partial charge in [-0.25, -0.2) is 0 Å². The Morgan fingerprint density at radius 3 is 1.92 bits per heavy atom. The highest BCUT2D eigenvalue weighted by Gasteiger charge is 2.36. The molecule has 13 heavy (non-hydrogen) atoms. The Bertz CT molecular complexity index is 158. The standard InChI is InChI=1S/C12H26Si/c1-12(2,3)10-13(4,5)11-8-6-7-9-11/h11H,6-10H2,1-5H3. The Morgan fingerprint density at radius 2 is 1.54 bits per heavy atom. The molecular formula is C12H26Si. The summed E-state index contributed by atoms with van der Waals surface area (Å²) in [7, 11) is -0.906. The molecule has 0 aromatic carbocycles. The van der Waals surface area contributed by atoms with E-state index in [0.717, 1.165) is 5.54 Å². The van der Waals surface area contributed by atoms with Gasteiger partial charge in [-0.3, -0.25) is 0 Å². The quantitative estimate of drug-likeness (QED) is 0.565. The summed E-state index contributed by atoms with van der Waals surface area (Å²) in [6.07, 6.45) is 6.08. The van der Waals surface area contributed by atoms with Crippen LogP contribution in [0.1, 0.15) is 46.5 Å². The molecule has 0 aliphatic heterocycles. The van der Waals surface area contributed by atoms with Crippen molar-refractivity contribution in [3.05, 3.63) is 0 Å². The average molecular weight is 198 g/mol. The van der Waals surface area contributed by atoms with Crippen molar-refractivity contribution in [3.8, 4) is 0 Å². The third-order valence-electron chi connectivity index (χ3n) is 3.45. The molecule has 0 bridgehead atoms. The van der Waals surface area contributed by atoms with Crippen LogP contribution in [-0.2, 0) is 0 Å². The molecule has 1 rings (SSSR count). The average Bonchev–Trinajstić information content (AvgIpc) is 2.29. The van der Waals surface area contributed by atoms with Gasteiger partial charge < -0.3 is 0 Å². The van der Waals surface area contributed by atoms with Gasteiger partial charge in [0.2, 0.25) is 0 Å². The fraction of sp³-hybridized carbons (Fsp3) is 1.00. The predicted molar refractivity (Wildman–Crippen MR) is 64.0 cm³/mol. The zero-order chi connectivity index (χ0) is 10.1. The lowest BCUT2D eigenvalue weighted by Crippen LogP contribution is -2.35. The zero-order valence-electron chi connectivity index (χ0n) is 10.1. The third-order valence-corrected chi connectivity index (χ3v) is 8.21. The normalized spacial score (nSPS) is 21.0. The highest BCUT2D eigenvalue weighted by atomic mass is 28.3. The SMILES string of the molecule is CC(C)(C)C[Si](C)(C)C1CCCC1. The molecule has 1 heteroatoms. The van der Waals surface area contributed by atoms with Gasteiger partial charge >= 0.3 is 0 Å². The summed E-state index contributed by atoms with van der Waals surface area (Å²) < 4.78 is 0. The van der Waals surface area contributed by atoms with Crippen molar-refractivity contribution in [2.75, 3.05) is 0 Å². The predicted octanol–water partition coefficient (Wildman–Crippen LogP) is 4.69. The van der Waals surface area contributed by atoms with Gasteiger partial charge in [0.25, 0.3) is 0 Å². The maximum absolute atomic E-state index is 2.61. The van der Waals surface area contributed by atoms with Crippen molar-refractivity contribution in [3.63, 3.8) is 0 Å². The van der Waals surface area contributed by atoms with E-state index >= 15 is 0 Å². The van der Waals surface area contributed by atoms with Crippen LogP contribution in [0.4, 0.5) is 0 Å². The highest BCUT2D eigenvalue weighted by Crippen LogP contribution is 2.43. The molecule has 0 aromatic rings. The van der Waals surface area contributed by atoms with Crippen molar-refractivity contribution in [1.82, 2.24) is 0 Å². The summed E-state index contributed by atoms with van der Waals surface area (Å²) in [6.45, 7) is 12.4. The first-order valence-corrected chi connectivity index (χ1v) is 9.10. The fourth-order valence-electron chi connectivity index (χ4n) is 3.22. The van der Waals surface area contributed by atoms with Crippen LogP contribution < -0.4 is 0 Å². The Morgan fingerprint density at radius 1 is 1.08 bits per heavy atom. The zero-order valence-corrected chi connectivity index (χ0v) is 11.1. The van der Waals surface area contributed by atoms with Crippen molar-refractivity contribution in [2.24, 2.45) is 5.41 Å². The van der Waals surface area contributed by atoms with Gasteiger partial charge in [-0.05, 0) is 11.0 Å². The molecule has 0 radical (unpaired) electrons. The van der Waals surface area contributed by atoms with E-state index in [9.17, 15) is 0 Å². The lowest BCUT2D eigenvalue weighted by Gasteiger charge is -2.35. The van der Waals surface area contributed by atoms with Gasteiger partial charge in [0.05, 0.1) is 8.07 Å². The molecule has 78 valence electrons. The van der Waals surface area contributed by atoms with Crippen LogP contribution in [0.25, 0.3) is 0 Å². The lowest BCUT2D eigenvalue weighted by molar-refractivity contribution is 0.457. The van der Waals surface area contributed by atoms with Crippen LogP contribution in [0.15, 0.2) is 0 Å². The molecule has 0 saturated heterocycles. The molecule has 0 amide bonds. The summed E-state index contributed by atoms with van der Waals surface area (Å²) in [6, 6.07) is 1.50. The first kappa shape index (κ1) is 11.3.